The second-order valence-electron chi connectivity index (χ2n) is 5.95. The van der Waals surface area contributed by atoms with Gasteiger partial charge in [0.05, 0.1) is 12.2 Å². The lowest BCUT2D eigenvalue weighted by Crippen LogP contribution is -2.44. The number of Topliss-reactive ketones (excluding diaryl/α,β-unsaturated/α-hetero) is 1. The van der Waals surface area contributed by atoms with Gasteiger partial charge in [0.25, 0.3) is 0 Å². The number of piperidine rings is 1. The van der Waals surface area contributed by atoms with Crippen molar-refractivity contribution >= 4 is 5.78 Å². The van der Waals surface area contributed by atoms with Crippen molar-refractivity contribution in [2.45, 2.75) is 37.7 Å². The van der Waals surface area contributed by atoms with E-state index in [9.17, 15) is 4.79 Å². The summed E-state index contributed by atoms with van der Waals surface area (Å²) < 4.78 is 11.4. The Labute approximate surface area is 108 Å². The van der Waals surface area contributed by atoms with Crippen LogP contribution >= 0.6 is 0 Å². The van der Waals surface area contributed by atoms with Crippen LogP contribution in [-0.4, -0.2) is 44.3 Å². The minimum Gasteiger partial charge on any atom is -0.378 e. The minimum atomic E-state index is -0.133. The van der Waals surface area contributed by atoms with Crippen LogP contribution in [0.5, 0.6) is 0 Å². The Morgan fingerprint density at radius 1 is 1.11 bits per heavy atom. The highest BCUT2D eigenvalue weighted by atomic mass is 16.6. The van der Waals surface area contributed by atoms with Crippen LogP contribution < -0.4 is 5.32 Å². The molecule has 102 valence electrons. The molecule has 0 aromatic rings. The molecule has 0 aliphatic carbocycles. The number of carbonyl (C=O) groups excluding carboxylic acids is 1. The zero-order chi connectivity index (χ0) is 12.4. The van der Waals surface area contributed by atoms with Crippen molar-refractivity contribution in [1.82, 2.24) is 5.32 Å². The first-order valence-electron chi connectivity index (χ1n) is 7.25. The van der Waals surface area contributed by atoms with Gasteiger partial charge in [0.1, 0.15) is 5.78 Å². The largest absolute Gasteiger partial charge is 0.378 e. The van der Waals surface area contributed by atoms with Crippen molar-refractivity contribution in [1.29, 1.82) is 0 Å². The van der Waals surface area contributed by atoms with Gasteiger partial charge in [0, 0.05) is 31.5 Å². The Kier molecular flexibility index (Phi) is 3.68. The Bertz CT molecular complexity index is 306. The van der Waals surface area contributed by atoms with Gasteiger partial charge in [0.2, 0.25) is 0 Å². The van der Waals surface area contributed by atoms with E-state index in [4.69, 9.17) is 9.47 Å². The molecule has 4 heteroatoms. The van der Waals surface area contributed by atoms with Crippen LogP contribution in [0, 0.1) is 11.8 Å². The van der Waals surface area contributed by atoms with Crippen LogP contribution in [0.4, 0.5) is 0 Å². The summed E-state index contributed by atoms with van der Waals surface area (Å²) in [5, 5.41) is 3.32. The Balaban J connectivity index is 1.62. The van der Waals surface area contributed by atoms with Crippen molar-refractivity contribution in [2.24, 2.45) is 11.8 Å². The van der Waals surface area contributed by atoms with Gasteiger partial charge in [-0.2, -0.15) is 0 Å². The van der Waals surface area contributed by atoms with Crippen molar-refractivity contribution in [2.75, 3.05) is 32.9 Å². The van der Waals surface area contributed by atoms with Crippen molar-refractivity contribution in [3.8, 4) is 0 Å². The highest BCUT2D eigenvalue weighted by molar-refractivity contribution is 5.83. The van der Waals surface area contributed by atoms with Gasteiger partial charge in [-0.25, -0.2) is 0 Å². The third-order valence-corrected chi connectivity index (χ3v) is 4.70. The lowest BCUT2D eigenvalue weighted by Gasteiger charge is -2.38. The summed E-state index contributed by atoms with van der Waals surface area (Å²) in [7, 11) is 0. The summed E-state index contributed by atoms with van der Waals surface area (Å²) in [6.45, 7) is 4.18. The summed E-state index contributed by atoms with van der Waals surface area (Å²) in [4.78, 5) is 12.6. The number of hydrogen-bond donors (Lipinski definition) is 1. The van der Waals surface area contributed by atoms with E-state index in [-0.39, 0.29) is 17.4 Å². The molecule has 3 fully saturated rings. The molecule has 3 aliphatic heterocycles. The summed E-state index contributed by atoms with van der Waals surface area (Å²) in [6, 6.07) is 0. The molecule has 4 nitrogen and oxygen atoms in total. The first kappa shape index (κ1) is 12.6. The van der Waals surface area contributed by atoms with Crippen LogP contribution in [0.3, 0.4) is 0 Å². The maximum absolute atomic E-state index is 12.6. The van der Waals surface area contributed by atoms with E-state index >= 15 is 0 Å². The third-order valence-electron chi connectivity index (χ3n) is 4.70. The molecule has 0 aromatic carbocycles. The number of carbonyl (C=O) groups is 1. The summed E-state index contributed by atoms with van der Waals surface area (Å²) >= 11 is 0. The molecule has 3 rings (SSSR count). The molecule has 1 N–H and O–H groups in total. The molecule has 1 spiro atoms. The number of ketones is 1. The normalized spacial score (nSPS) is 38.1. The van der Waals surface area contributed by atoms with Crippen LogP contribution in [0.15, 0.2) is 0 Å². The van der Waals surface area contributed by atoms with Crippen molar-refractivity contribution < 1.29 is 14.3 Å². The fourth-order valence-corrected chi connectivity index (χ4v) is 3.57. The van der Waals surface area contributed by atoms with E-state index in [1.807, 2.05) is 0 Å². The van der Waals surface area contributed by atoms with E-state index in [2.05, 4.69) is 5.32 Å². The minimum absolute atomic E-state index is 0.133. The van der Waals surface area contributed by atoms with Gasteiger partial charge < -0.3 is 14.8 Å². The molecule has 0 aromatic heterocycles. The predicted molar refractivity (Wildman–Crippen MR) is 67.4 cm³/mol. The monoisotopic (exact) mass is 253 g/mol. The van der Waals surface area contributed by atoms with Gasteiger partial charge >= 0.3 is 0 Å². The number of rotatable bonds is 2. The molecule has 2 atom stereocenters. The van der Waals surface area contributed by atoms with Gasteiger partial charge in [-0.1, -0.05) is 0 Å². The number of hydrogen-bond acceptors (Lipinski definition) is 4. The quantitative estimate of drug-likeness (QED) is 0.801. The van der Waals surface area contributed by atoms with Crippen LogP contribution in [0.25, 0.3) is 0 Å². The van der Waals surface area contributed by atoms with Crippen molar-refractivity contribution in [3.05, 3.63) is 0 Å². The Morgan fingerprint density at radius 3 is 2.67 bits per heavy atom. The summed E-state index contributed by atoms with van der Waals surface area (Å²) in [5.41, 5.74) is -0.133. The van der Waals surface area contributed by atoms with E-state index in [0.717, 1.165) is 58.4 Å². The molecule has 0 radical (unpaired) electrons. The molecule has 0 bridgehead atoms. The lowest BCUT2D eigenvalue weighted by molar-refractivity contribution is -0.141. The highest BCUT2D eigenvalue weighted by Crippen LogP contribution is 2.37. The van der Waals surface area contributed by atoms with E-state index in [1.54, 1.807) is 0 Å². The fraction of sp³-hybridized carbons (Fsp3) is 0.929. The first-order valence-corrected chi connectivity index (χ1v) is 7.25. The Hall–Kier alpha value is -0.450. The zero-order valence-electron chi connectivity index (χ0n) is 11.0. The van der Waals surface area contributed by atoms with Gasteiger partial charge in [0.15, 0.2) is 0 Å². The Morgan fingerprint density at radius 2 is 1.94 bits per heavy atom. The molecular formula is C14H23NO3. The fourth-order valence-electron chi connectivity index (χ4n) is 3.57. The smallest absolute Gasteiger partial charge is 0.139 e. The van der Waals surface area contributed by atoms with Gasteiger partial charge in [-0.3, -0.25) is 4.79 Å². The second-order valence-corrected chi connectivity index (χ2v) is 5.95. The van der Waals surface area contributed by atoms with Gasteiger partial charge in [-0.05, 0) is 38.8 Å². The molecule has 0 saturated carbocycles. The molecule has 18 heavy (non-hydrogen) atoms. The summed E-state index contributed by atoms with van der Waals surface area (Å²) in [6.07, 6.45) is 4.78. The van der Waals surface area contributed by atoms with E-state index < -0.39 is 0 Å². The highest BCUT2D eigenvalue weighted by Gasteiger charge is 2.43. The topological polar surface area (TPSA) is 47.6 Å². The third kappa shape index (κ3) is 2.46. The lowest BCUT2D eigenvalue weighted by atomic mass is 9.77. The maximum Gasteiger partial charge on any atom is 0.139 e. The molecule has 3 heterocycles. The standard InChI is InChI=1S/C14H23NO3/c16-13(11-1-5-15-6-2-11)12-3-7-18-14(9-12)4-8-17-10-14/h11-12,15H,1-10H2. The molecule has 2 unspecified atom stereocenters. The number of ether oxygens (including phenoxy) is 2. The van der Waals surface area contributed by atoms with Crippen LogP contribution in [-0.2, 0) is 14.3 Å². The molecule has 3 saturated heterocycles. The second kappa shape index (κ2) is 5.27. The molecule has 3 aliphatic rings. The summed E-state index contributed by atoms with van der Waals surface area (Å²) in [5.74, 6) is 0.989. The molecular weight excluding hydrogens is 230 g/mol. The molecule has 0 amide bonds. The maximum atomic E-state index is 12.6. The zero-order valence-corrected chi connectivity index (χ0v) is 11.0. The predicted octanol–water partition coefficient (Wildman–Crippen LogP) is 1.14. The van der Waals surface area contributed by atoms with E-state index in [0.29, 0.717) is 12.4 Å². The first-order chi connectivity index (χ1) is 8.79. The van der Waals surface area contributed by atoms with Gasteiger partial charge in [-0.15, -0.1) is 0 Å². The SMILES string of the molecule is O=C(C1CCNCC1)C1CCOC2(CCOC2)C1. The average molecular weight is 253 g/mol. The van der Waals surface area contributed by atoms with Crippen LogP contribution in [0.2, 0.25) is 0 Å². The van der Waals surface area contributed by atoms with Crippen molar-refractivity contribution in [3.63, 3.8) is 0 Å². The average Bonchev–Trinajstić information content (AvgIpc) is 2.87. The number of nitrogens with one attached hydrogen (secondary N) is 1. The van der Waals surface area contributed by atoms with Crippen LogP contribution in [0.1, 0.15) is 32.1 Å². The van der Waals surface area contributed by atoms with E-state index in [1.165, 1.54) is 0 Å².